The number of hydrazine groups is 1. The lowest BCUT2D eigenvalue weighted by Crippen LogP contribution is -2.43. The largest absolute Gasteiger partial charge is 0.481 e. The average molecular weight is 544 g/mol. The van der Waals surface area contributed by atoms with Gasteiger partial charge in [0.1, 0.15) is 23.0 Å². The normalized spacial score (nSPS) is 11.2. The van der Waals surface area contributed by atoms with Crippen LogP contribution in [0.1, 0.15) is 30.8 Å². The molecule has 40 heavy (non-hydrogen) atoms. The zero-order valence-corrected chi connectivity index (χ0v) is 21.6. The molecule has 10 nitrogen and oxygen atoms in total. The lowest BCUT2D eigenvalue weighted by Gasteiger charge is -2.16. The summed E-state index contributed by atoms with van der Waals surface area (Å²) in [6, 6.07) is 20.1. The van der Waals surface area contributed by atoms with E-state index < -0.39 is 11.8 Å². The first-order valence-corrected chi connectivity index (χ1v) is 12.7. The Hall–Kier alpha value is -4.87. The third kappa shape index (κ3) is 5.75. The van der Waals surface area contributed by atoms with Gasteiger partial charge in [0, 0.05) is 30.5 Å². The van der Waals surface area contributed by atoms with E-state index in [9.17, 15) is 14.0 Å². The van der Waals surface area contributed by atoms with Crippen molar-refractivity contribution in [3.8, 4) is 16.9 Å². The molecule has 0 aliphatic rings. The lowest BCUT2D eigenvalue weighted by atomic mass is 10.1. The van der Waals surface area contributed by atoms with Crippen molar-refractivity contribution in [2.45, 2.75) is 32.2 Å². The molecule has 0 bridgehead atoms. The fraction of sp³-hybridized carbons (Fsp3) is 0.172. The van der Waals surface area contributed by atoms with E-state index in [1.165, 1.54) is 33.8 Å². The van der Waals surface area contributed by atoms with E-state index in [0.29, 0.717) is 58.7 Å². The molecule has 2 heterocycles. The van der Waals surface area contributed by atoms with E-state index >= 15 is 0 Å². The van der Waals surface area contributed by atoms with Crippen LogP contribution in [0, 0.1) is 5.82 Å². The zero-order chi connectivity index (χ0) is 28.2. The zero-order valence-electron chi connectivity index (χ0n) is 21.6. The van der Waals surface area contributed by atoms with Gasteiger partial charge in [0.25, 0.3) is 5.56 Å². The van der Waals surface area contributed by atoms with E-state index in [1.54, 1.807) is 24.3 Å². The van der Waals surface area contributed by atoms with Gasteiger partial charge >= 0.3 is 5.97 Å². The molecule has 2 aromatic heterocycles. The minimum Gasteiger partial charge on any atom is -0.481 e. The molecular formula is C29H28FN6O4+. The fourth-order valence-corrected chi connectivity index (χ4v) is 4.54. The number of anilines is 1. The van der Waals surface area contributed by atoms with Crippen molar-refractivity contribution in [1.82, 2.24) is 14.7 Å². The molecule has 0 saturated heterocycles. The predicted molar refractivity (Wildman–Crippen MR) is 147 cm³/mol. The first-order valence-electron chi connectivity index (χ1n) is 12.7. The van der Waals surface area contributed by atoms with E-state index in [0.717, 1.165) is 11.4 Å². The van der Waals surface area contributed by atoms with Crippen molar-refractivity contribution in [2.75, 3.05) is 5.01 Å². The van der Waals surface area contributed by atoms with Crippen LogP contribution in [0.3, 0.4) is 0 Å². The molecular weight excluding hydrogens is 515 g/mol. The van der Waals surface area contributed by atoms with E-state index in [4.69, 9.17) is 20.5 Å². The van der Waals surface area contributed by atoms with Crippen LogP contribution in [0.15, 0.2) is 82.1 Å². The van der Waals surface area contributed by atoms with Crippen LogP contribution in [-0.4, -0.2) is 25.8 Å². The second-order valence-electron chi connectivity index (χ2n) is 9.41. The number of carbonyl (C=O) groups is 1. The topological polar surface area (TPSA) is 155 Å². The fourth-order valence-electron chi connectivity index (χ4n) is 4.54. The van der Waals surface area contributed by atoms with Crippen LogP contribution in [0.2, 0.25) is 0 Å². The van der Waals surface area contributed by atoms with Crippen LogP contribution >= 0.6 is 0 Å². The molecule has 0 aliphatic carbocycles. The van der Waals surface area contributed by atoms with Crippen LogP contribution < -0.4 is 22.1 Å². The lowest BCUT2D eigenvalue weighted by molar-refractivity contribution is -0.253. The number of carboxylic acids is 1. The Labute approximate surface area is 228 Å². The Morgan fingerprint density at radius 3 is 2.60 bits per heavy atom. The SMILES string of the molecule is NN(Cc1cc(-c2ccc3c(=O)n(-c4ccc(F)cc4)c(CCCCC(=O)O)nc3c2)no1)c1ccccc1[NH3+]. The predicted octanol–water partition coefficient (Wildman–Crippen LogP) is 3.73. The van der Waals surface area contributed by atoms with Crippen molar-refractivity contribution in [1.29, 1.82) is 0 Å². The molecule has 204 valence electrons. The number of fused-ring (bicyclic) bond motifs is 1. The summed E-state index contributed by atoms with van der Waals surface area (Å²) in [4.78, 5) is 29.3. The number of hydrogen-bond acceptors (Lipinski definition) is 7. The molecule has 5 aromatic rings. The number of benzene rings is 3. The summed E-state index contributed by atoms with van der Waals surface area (Å²) in [5.41, 5.74) is 7.45. The number of aromatic nitrogens is 3. The summed E-state index contributed by atoms with van der Waals surface area (Å²) in [6.07, 6.45) is 1.34. The van der Waals surface area contributed by atoms with Gasteiger partial charge in [-0.05, 0) is 55.3 Å². The number of carboxylic acid groups (broad SMARTS) is 1. The molecule has 0 saturated carbocycles. The highest BCUT2D eigenvalue weighted by atomic mass is 19.1. The van der Waals surface area contributed by atoms with E-state index in [-0.39, 0.29) is 18.5 Å². The highest BCUT2D eigenvalue weighted by molar-refractivity contribution is 5.83. The number of unbranched alkanes of at least 4 members (excludes halogenated alkanes) is 1. The molecule has 0 fully saturated rings. The first kappa shape index (κ1) is 26.7. The molecule has 5 rings (SSSR count). The van der Waals surface area contributed by atoms with Crippen molar-refractivity contribution in [3.63, 3.8) is 0 Å². The minimum atomic E-state index is -0.882. The number of rotatable bonds is 10. The van der Waals surface area contributed by atoms with Crippen LogP contribution in [0.4, 0.5) is 15.8 Å². The molecule has 0 spiro atoms. The molecule has 3 aromatic carbocycles. The minimum absolute atomic E-state index is 0.0214. The van der Waals surface area contributed by atoms with Gasteiger partial charge in [-0.3, -0.25) is 19.2 Å². The Morgan fingerprint density at radius 1 is 1.07 bits per heavy atom. The standard InChI is InChI=1S/C29H27FN6O4/c30-19-10-12-20(13-11-19)36-27(7-3-4-8-28(37)38)33-25-15-18(9-14-22(25)29(36)39)24-16-21(40-34-24)17-35(32)26-6-2-1-5-23(26)31/h1-2,5-6,9-16H,3-4,7-8,17,31-32H2,(H,37,38)/p+1. The van der Waals surface area contributed by atoms with Crippen molar-refractivity contribution < 1.29 is 24.5 Å². The molecule has 0 amide bonds. The summed E-state index contributed by atoms with van der Waals surface area (Å²) in [7, 11) is 0. The van der Waals surface area contributed by atoms with Crippen LogP contribution in [0.5, 0.6) is 0 Å². The Kier molecular flexibility index (Phi) is 7.67. The molecule has 0 aliphatic heterocycles. The molecule has 11 heteroatoms. The maximum atomic E-state index is 13.6. The van der Waals surface area contributed by atoms with Gasteiger partial charge in [-0.15, -0.1) is 0 Å². The first-order chi connectivity index (χ1) is 19.3. The van der Waals surface area contributed by atoms with Crippen LogP contribution in [-0.2, 0) is 17.8 Å². The Balaban J connectivity index is 1.47. The Bertz CT molecular complexity index is 1730. The monoisotopic (exact) mass is 543 g/mol. The average Bonchev–Trinajstić information content (AvgIpc) is 3.40. The van der Waals surface area contributed by atoms with Gasteiger partial charge < -0.3 is 15.4 Å². The maximum absolute atomic E-state index is 13.6. The summed E-state index contributed by atoms with van der Waals surface area (Å²) in [6.45, 7) is 0.272. The highest BCUT2D eigenvalue weighted by Crippen LogP contribution is 2.25. The third-order valence-corrected chi connectivity index (χ3v) is 6.55. The summed E-state index contributed by atoms with van der Waals surface area (Å²) >= 11 is 0. The van der Waals surface area contributed by atoms with Gasteiger partial charge in [-0.2, -0.15) is 0 Å². The van der Waals surface area contributed by atoms with Crippen LogP contribution in [0.25, 0.3) is 27.8 Å². The van der Waals surface area contributed by atoms with E-state index in [2.05, 4.69) is 10.9 Å². The summed E-state index contributed by atoms with van der Waals surface area (Å²) in [5, 5.41) is 15.1. The number of quaternary nitrogens is 1. The number of aliphatic carboxylic acids is 1. The summed E-state index contributed by atoms with van der Waals surface area (Å²) < 4.78 is 20.6. The van der Waals surface area contributed by atoms with Crippen molar-refractivity contribution in [2.24, 2.45) is 5.84 Å². The molecule has 0 radical (unpaired) electrons. The molecule has 0 unspecified atom stereocenters. The second kappa shape index (κ2) is 11.5. The second-order valence-corrected chi connectivity index (χ2v) is 9.41. The number of hydrogen-bond donors (Lipinski definition) is 3. The number of nitrogens with two attached hydrogens (primary N) is 1. The molecule has 0 atom stereocenters. The van der Waals surface area contributed by atoms with E-state index in [1.807, 2.05) is 24.3 Å². The van der Waals surface area contributed by atoms with Gasteiger partial charge in [0.15, 0.2) is 11.4 Å². The highest BCUT2D eigenvalue weighted by Gasteiger charge is 2.17. The summed E-state index contributed by atoms with van der Waals surface area (Å²) in [5.74, 6) is 5.92. The third-order valence-electron chi connectivity index (χ3n) is 6.55. The van der Waals surface area contributed by atoms with Gasteiger partial charge in [0.05, 0.1) is 23.1 Å². The number of aryl methyl sites for hydroxylation is 1. The molecule has 6 N–H and O–H groups in total. The number of nitrogens with zero attached hydrogens (tertiary/aromatic N) is 4. The van der Waals surface area contributed by atoms with Gasteiger partial charge in [-0.1, -0.05) is 23.4 Å². The van der Waals surface area contributed by atoms with Crippen molar-refractivity contribution >= 4 is 28.2 Å². The number of halogens is 1. The Morgan fingerprint density at radius 2 is 1.85 bits per heavy atom. The number of para-hydroxylation sites is 1. The van der Waals surface area contributed by atoms with Gasteiger partial charge in [-0.25, -0.2) is 15.2 Å². The quantitative estimate of drug-likeness (QED) is 0.137. The smallest absolute Gasteiger partial charge is 0.303 e. The van der Waals surface area contributed by atoms with Gasteiger partial charge in [0.2, 0.25) is 0 Å². The maximum Gasteiger partial charge on any atom is 0.303 e. The van der Waals surface area contributed by atoms with Crippen molar-refractivity contribution in [3.05, 3.63) is 101 Å².